The van der Waals surface area contributed by atoms with Crippen molar-refractivity contribution in [1.29, 1.82) is 0 Å². The lowest BCUT2D eigenvalue weighted by molar-refractivity contribution is -0.126. The van der Waals surface area contributed by atoms with Crippen molar-refractivity contribution in [2.45, 2.75) is 26.3 Å². The number of nitrogens with two attached hydrogens (primary N) is 1. The molecule has 0 radical (unpaired) electrons. The maximum atomic E-state index is 11.5. The summed E-state index contributed by atoms with van der Waals surface area (Å²) in [7, 11) is 1.55. The lowest BCUT2D eigenvalue weighted by Gasteiger charge is -2.22. The van der Waals surface area contributed by atoms with Crippen molar-refractivity contribution in [3.63, 3.8) is 0 Å². The van der Waals surface area contributed by atoms with E-state index >= 15 is 0 Å². The van der Waals surface area contributed by atoms with E-state index in [4.69, 9.17) is 22.1 Å². The molecule has 20 heavy (non-hydrogen) atoms. The topological polar surface area (TPSA) is 83.0 Å². The van der Waals surface area contributed by atoms with Gasteiger partial charge in [-0.1, -0.05) is 0 Å². The smallest absolute Gasteiger partial charge is 0.224 e. The maximum absolute atomic E-state index is 11.5. The monoisotopic (exact) mass is 296 g/mol. The number of methoxy groups -OCH3 is 1. The Bertz CT molecular complexity index is 651. The standard InChI is InChI=1S/C13H17ClN4O2/c1-13(2,12(15)19)7-18-9(6-14)16-8-4-5-10(20-3)17-11(8)18/h4-5H,6-7H2,1-3H3,(H2,15,19). The van der Waals surface area contributed by atoms with E-state index in [0.717, 1.165) is 0 Å². The average molecular weight is 297 g/mol. The predicted octanol–water partition coefficient (Wildman–Crippen LogP) is 1.69. The third kappa shape index (κ3) is 2.56. The minimum absolute atomic E-state index is 0.230. The van der Waals surface area contributed by atoms with Gasteiger partial charge in [0.25, 0.3) is 0 Å². The molecule has 0 atom stereocenters. The molecule has 0 aliphatic rings. The van der Waals surface area contributed by atoms with Gasteiger partial charge in [0, 0.05) is 12.6 Å². The van der Waals surface area contributed by atoms with E-state index in [1.807, 2.05) is 10.6 Å². The minimum Gasteiger partial charge on any atom is -0.481 e. The third-order valence-electron chi connectivity index (χ3n) is 3.19. The van der Waals surface area contributed by atoms with Crippen molar-refractivity contribution < 1.29 is 9.53 Å². The van der Waals surface area contributed by atoms with Crippen LogP contribution in [-0.2, 0) is 17.2 Å². The molecule has 0 aromatic carbocycles. The first-order valence-corrected chi connectivity index (χ1v) is 6.68. The number of halogens is 1. The third-order valence-corrected chi connectivity index (χ3v) is 3.43. The lowest BCUT2D eigenvalue weighted by Crippen LogP contribution is -2.35. The fourth-order valence-corrected chi connectivity index (χ4v) is 2.09. The van der Waals surface area contributed by atoms with Crippen LogP contribution in [0.3, 0.4) is 0 Å². The molecule has 2 aromatic heterocycles. The van der Waals surface area contributed by atoms with Crippen LogP contribution in [0.5, 0.6) is 5.88 Å². The maximum Gasteiger partial charge on any atom is 0.224 e. The molecule has 0 aliphatic carbocycles. The fraction of sp³-hybridized carbons (Fsp3) is 0.462. The zero-order valence-electron chi connectivity index (χ0n) is 11.7. The fourth-order valence-electron chi connectivity index (χ4n) is 1.89. The molecule has 108 valence electrons. The van der Waals surface area contributed by atoms with Crippen LogP contribution in [0.25, 0.3) is 11.2 Å². The number of amides is 1. The molecule has 2 rings (SSSR count). The van der Waals surface area contributed by atoms with Crippen LogP contribution >= 0.6 is 11.6 Å². The van der Waals surface area contributed by atoms with Crippen molar-refractivity contribution in [2.75, 3.05) is 7.11 Å². The van der Waals surface area contributed by atoms with Crippen molar-refractivity contribution in [2.24, 2.45) is 11.1 Å². The van der Waals surface area contributed by atoms with Crippen LogP contribution in [0.1, 0.15) is 19.7 Å². The Morgan fingerprint density at radius 1 is 1.45 bits per heavy atom. The molecule has 0 saturated carbocycles. The van der Waals surface area contributed by atoms with Crippen LogP contribution in [0, 0.1) is 5.41 Å². The number of primary amides is 1. The number of ether oxygens (including phenoxy) is 1. The molecule has 0 unspecified atom stereocenters. The molecule has 7 heteroatoms. The van der Waals surface area contributed by atoms with E-state index in [-0.39, 0.29) is 11.8 Å². The number of imidazole rings is 1. The van der Waals surface area contributed by atoms with Crippen LogP contribution in [0.2, 0.25) is 0 Å². The molecule has 0 spiro atoms. The van der Waals surface area contributed by atoms with Crippen LogP contribution in [0.4, 0.5) is 0 Å². The van der Waals surface area contributed by atoms with Gasteiger partial charge < -0.3 is 15.0 Å². The molecule has 0 bridgehead atoms. The largest absolute Gasteiger partial charge is 0.481 e. The highest BCUT2D eigenvalue weighted by atomic mass is 35.5. The van der Waals surface area contributed by atoms with Gasteiger partial charge in [-0.25, -0.2) is 4.98 Å². The number of rotatable bonds is 5. The zero-order valence-corrected chi connectivity index (χ0v) is 12.4. The van der Waals surface area contributed by atoms with Gasteiger partial charge in [-0.05, 0) is 19.9 Å². The molecule has 2 aromatic rings. The molecular formula is C13H17ClN4O2. The molecule has 0 fully saturated rings. The predicted molar refractivity (Wildman–Crippen MR) is 76.6 cm³/mol. The number of pyridine rings is 1. The van der Waals surface area contributed by atoms with Crippen LogP contribution < -0.4 is 10.5 Å². The first-order valence-electron chi connectivity index (χ1n) is 6.15. The summed E-state index contributed by atoms with van der Waals surface area (Å²) >= 11 is 5.93. The van der Waals surface area contributed by atoms with Gasteiger partial charge in [-0.2, -0.15) is 4.98 Å². The Balaban J connectivity index is 2.57. The second-order valence-electron chi connectivity index (χ2n) is 5.19. The Morgan fingerprint density at radius 3 is 2.70 bits per heavy atom. The Hall–Kier alpha value is -1.82. The number of hydrogen-bond donors (Lipinski definition) is 1. The lowest BCUT2D eigenvalue weighted by atomic mass is 9.92. The number of carbonyl (C=O) groups excluding carboxylic acids is 1. The summed E-state index contributed by atoms with van der Waals surface area (Å²) in [6.07, 6.45) is 0. The number of nitrogens with zero attached hydrogens (tertiary/aromatic N) is 3. The Labute approximate surface area is 121 Å². The van der Waals surface area contributed by atoms with E-state index in [9.17, 15) is 4.79 Å². The van der Waals surface area contributed by atoms with E-state index in [1.54, 1.807) is 27.0 Å². The normalized spacial score (nSPS) is 11.8. The highest BCUT2D eigenvalue weighted by molar-refractivity contribution is 6.16. The summed E-state index contributed by atoms with van der Waals surface area (Å²) in [5.74, 6) is 0.976. The van der Waals surface area contributed by atoms with Crippen LogP contribution in [-0.4, -0.2) is 27.6 Å². The number of carbonyl (C=O) groups is 1. The second-order valence-corrected chi connectivity index (χ2v) is 5.46. The molecule has 6 nitrogen and oxygen atoms in total. The molecule has 2 heterocycles. The Morgan fingerprint density at radius 2 is 2.15 bits per heavy atom. The molecule has 0 saturated heterocycles. The molecule has 0 aliphatic heterocycles. The first-order chi connectivity index (χ1) is 9.39. The highest BCUT2D eigenvalue weighted by Crippen LogP contribution is 2.24. The van der Waals surface area contributed by atoms with Gasteiger partial charge in [-0.15, -0.1) is 11.6 Å². The summed E-state index contributed by atoms with van der Waals surface area (Å²) in [4.78, 5) is 20.3. The van der Waals surface area contributed by atoms with Gasteiger partial charge in [0.1, 0.15) is 11.3 Å². The van der Waals surface area contributed by atoms with E-state index in [0.29, 0.717) is 29.4 Å². The Kier molecular flexibility index (Phi) is 3.85. The van der Waals surface area contributed by atoms with E-state index in [2.05, 4.69) is 9.97 Å². The van der Waals surface area contributed by atoms with Gasteiger partial charge in [0.15, 0.2) is 5.65 Å². The number of hydrogen-bond acceptors (Lipinski definition) is 4. The molecular weight excluding hydrogens is 280 g/mol. The van der Waals surface area contributed by atoms with E-state index < -0.39 is 5.41 Å². The van der Waals surface area contributed by atoms with Crippen molar-refractivity contribution in [3.05, 3.63) is 18.0 Å². The highest BCUT2D eigenvalue weighted by Gasteiger charge is 2.28. The van der Waals surface area contributed by atoms with Crippen molar-refractivity contribution in [3.8, 4) is 5.88 Å². The van der Waals surface area contributed by atoms with Gasteiger partial charge in [0.2, 0.25) is 11.8 Å². The average Bonchev–Trinajstić information content (AvgIpc) is 2.75. The van der Waals surface area contributed by atoms with Crippen molar-refractivity contribution in [1.82, 2.24) is 14.5 Å². The SMILES string of the molecule is COc1ccc2nc(CCl)n(CC(C)(C)C(N)=O)c2n1. The minimum atomic E-state index is -0.723. The van der Waals surface area contributed by atoms with E-state index in [1.165, 1.54) is 0 Å². The van der Waals surface area contributed by atoms with Crippen LogP contribution in [0.15, 0.2) is 12.1 Å². The summed E-state index contributed by atoms with van der Waals surface area (Å²) in [5.41, 5.74) is 6.05. The number of alkyl halides is 1. The summed E-state index contributed by atoms with van der Waals surface area (Å²) in [6, 6.07) is 3.54. The molecule has 2 N–H and O–H groups in total. The number of fused-ring (bicyclic) bond motifs is 1. The summed E-state index contributed by atoms with van der Waals surface area (Å²) in [6.45, 7) is 3.92. The number of aromatic nitrogens is 3. The first kappa shape index (κ1) is 14.6. The van der Waals surface area contributed by atoms with Gasteiger partial charge in [-0.3, -0.25) is 4.79 Å². The van der Waals surface area contributed by atoms with Crippen molar-refractivity contribution >= 4 is 28.7 Å². The summed E-state index contributed by atoms with van der Waals surface area (Å²) < 4.78 is 6.94. The quantitative estimate of drug-likeness (QED) is 0.851. The zero-order chi connectivity index (χ0) is 14.9. The molecule has 1 amide bonds. The van der Waals surface area contributed by atoms with Gasteiger partial charge >= 0.3 is 0 Å². The second kappa shape index (κ2) is 5.28. The summed E-state index contributed by atoms with van der Waals surface area (Å²) in [5, 5.41) is 0. The van der Waals surface area contributed by atoms with Gasteiger partial charge in [0.05, 0.1) is 18.4 Å².